The van der Waals surface area contributed by atoms with Crippen LogP contribution in [0.2, 0.25) is 0 Å². The fourth-order valence-electron chi connectivity index (χ4n) is 2.93. The highest BCUT2D eigenvalue weighted by atomic mass is 127. The summed E-state index contributed by atoms with van der Waals surface area (Å²) in [7, 11) is 1.60. The minimum absolute atomic E-state index is 0. The lowest BCUT2D eigenvalue weighted by atomic mass is 10.2. The second-order valence-electron chi connectivity index (χ2n) is 6.50. The molecule has 0 spiro atoms. The van der Waals surface area contributed by atoms with Crippen LogP contribution < -0.4 is 20.1 Å². The molecule has 2 rings (SSSR count). The van der Waals surface area contributed by atoms with Crippen LogP contribution in [0.5, 0.6) is 11.5 Å². The van der Waals surface area contributed by atoms with E-state index in [1.807, 2.05) is 25.1 Å². The molecule has 28 heavy (non-hydrogen) atoms. The largest absolute Gasteiger partial charge is 0.493 e. The molecule has 0 aromatic heterocycles. The topological polar surface area (TPSA) is 54.9 Å². The van der Waals surface area contributed by atoms with Crippen LogP contribution in [-0.4, -0.2) is 38.4 Å². The maximum Gasteiger partial charge on any atom is 0.390 e. The number of methoxy groups -OCH3 is 1. The summed E-state index contributed by atoms with van der Waals surface area (Å²) in [6.45, 7) is 2.54. The van der Waals surface area contributed by atoms with Gasteiger partial charge in [-0.15, -0.1) is 24.0 Å². The second-order valence-corrected chi connectivity index (χ2v) is 6.50. The van der Waals surface area contributed by atoms with Crippen molar-refractivity contribution in [2.24, 2.45) is 4.99 Å². The van der Waals surface area contributed by atoms with Crippen LogP contribution in [-0.2, 0) is 6.54 Å². The number of hydrogen-bond donors (Lipinski definition) is 2. The summed E-state index contributed by atoms with van der Waals surface area (Å²) in [5, 5.41) is 5.66. The lowest BCUT2D eigenvalue weighted by Crippen LogP contribution is -2.38. The van der Waals surface area contributed by atoms with Crippen molar-refractivity contribution in [2.45, 2.75) is 57.9 Å². The molecular formula is C19H29F3IN3O2. The summed E-state index contributed by atoms with van der Waals surface area (Å²) >= 11 is 0. The fraction of sp³-hybridized carbons (Fsp3) is 0.632. The van der Waals surface area contributed by atoms with Crippen LogP contribution >= 0.6 is 24.0 Å². The number of benzene rings is 1. The summed E-state index contributed by atoms with van der Waals surface area (Å²) in [6, 6.07) is 5.60. The molecule has 0 radical (unpaired) electrons. The molecular weight excluding hydrogens is 486 g/mol. The van der Waals surface area contributed by atoms with Crippen LogP contribution in [0.25, 0.3) is 0 Å². The van der Waals surface area contributed by atoms with Crippen molar-refractivity contribution < 1.29 is 22.6 Å². The number of nitrogens with one attached hydrogen (secondary N) is 2. The summed E-state index contributed by atoms with van der Waals surface area (Å²) in [5.74, 6) is 1.72. The molecule has 1 aliphatic carbocycles. The van der Waals surface area contributed by atoms with Gasteiger partial charge in [-0.3, -0.25) is 0 Å². The van der Waals surface area contributed by atoms with E-state index in [2.05, 4.69) is 15.6 Å². The maximum atomic E-state index is 12.3. The molecule has 5 nitrogen and oxygen atoms in total. The first-order chi connectivity index (χ1) is 12.9. The smallest absolute Gasteiger partial charge is 0.390 e. The molecule has 0 atom stereocenters. The Morgan fingerprint density at radius 1 is 1.18 bits per heavy atom. The van der Waals surface area contributed by atoms with Crippen molar-refractivity contribution >= 4 is 29.9 Å². The first-order valence-electron chi connectivity index (χ1n) is 9.33. The van der Waals surface area contributed by atoms with Crippen LogP contribution in [0.3, 0.4) is 0 Å². The number of alkyl halides is 3. The van der Waals surface area contributed by atoms with Gasteiger partial charge in [-0.1, -0.05) is 6.07 Å². The summed E-state index contributed by atoms with van der Waals surface area (Å²) < 4.78 is 48.3. The Balaban J connectivity index is 0.00000392. The zero-order valence-electron chi connectivity index (χ0n) is 16.3. The van der Waals surface area contributed by atoms with Gasteiger partial charge in [0.25, 0.3) is 0 Å². The number of ether oxygens (including phenoxy) is 2. The lowest BCUT2D eigenvalue weighted by Gasteiger charge is -2.17. The maximum absolute atomic E-state index is 12.3. The predicted octanol–water partition coefficient (Wildman–Crippen LogP) is 4.64. The number of guanidine groups is 1. The Bertz CT molecular complexity index is 621. The molecule has 0 saturated heterocycles. The van der Waals surface area contributed by atoms with E-state index in [4.69, 9.17) is 9.47 Å². The van der Waals surface area contributed by atoms with E-state index >= 15 is 0 Å². The third-order valence-corrected chi connectivity index (χ3v) is 4.29. The van der Waals surface area contributed by atoms with Gasteiger partial charge in [-0.2, -0.15) is 13.2 Å². The van der Waals surface area contributed by atoms with Crippen LogP contribution in [0, 0.1) is 0 Å². The molecule has 1 aromatic carbocycles. The summed E-state index contributed by atoms with van der Waals surface area (Å²) in [6.07, 6.45) is -0.455. The summed E-state index contributed by atoms with van der Waals surface area (Å²) in [4.78, 5) is 4.36. The molecule has 1 aromatic rings. The van der Waals surface area contributed by atoms with Crippen molar-refractivity contribution in [1.82, 2.24) is 10.6 Å². The van der Waals surface area contributed by atoms with Gasteiger partial charge in [0, 0.05) is 13.1 Å². The van der Waals surface area contributed by atoms with Gasteiger partial charge in [-0.05, 0) is 50.3 Å². The Morgan fingerprint density at radius 2 is 1.89 bits per heavy atom. The van der Waals surface area contributed by atoms with E-state index in [0.717, 1.165) is 18.4 Å². The molecule has 0 bridgehead atoms. The van der Waals surface area contributed by atoms with Gasteiger partial charge in [0.1, 0.15) is 0 Å². The molecule has 1 saturated carbocycles. The van der Waals surface area contributed by atoms with Gasteiger partial charge in [0.2, 0.25) is 0 Å². The van der Waals surface area contributed by atoms with E-state index in [0.29, 0.717) is 30.5 Å². The zero-order chi connectivity index (χ0) is 19.7. The molecule has 0 aliphatic heterocycles. The van der Waals surface area contributed by atoms with Gasteiger partial charge < -0.3 is 20.1 Å². The molecule has 1 aliphatic rings. The highest BCUT2D eigenvalue weighted by molar-refractivity contribution is 14.0. The van der Waals surface area contributed by atoms with E-state index < -0.39 is 12.6 Å². The van der Waals surface area contributed by atoms with E-state index in [1.165, 1.54) is 12.8 Å². The van der Waals surface area contributed by atoms with Crippen molar-refractivity contribution in [3.05, 3.63) is 23.8 Å². The molecule has 0 unspecified atom stereocenters. The van der Waals surface area contributed by atoms with E-state index in [1.54, 1.807) is 7.11 Å². The van der Waals surface area contributed by atoms with E-state index in [9.17, 15) is 13.2 Å². The normalized spacial score (nSPS) is 15.1. The van der Waals surface area contributed by atoms with Crippen molar-refractivity contribution in [2.75, 3.05) is 20.2 Å². The first-order valence-corrected chi connectivity index (χ1v) is 9.33. The molecule has 2 N–H and O–H groups in total. The summed E-state index contributed by atoms with van der Waals surface area (Å²) in [5.41, 5.74) is 0.900. The van der Waals surface area contributed by atoms with Crippen molar-refractivity contribution in [1.29, 1.82) is 0 Å². The van der Waals surface area contributed by atoms with Crippen LogP contribution in [0.1, 0.15) is 44.6 Å². The number of rotatable bonds is 8. The molecule has 160 valence electrons. The zero-order valence-corrected chi connectivity index (χ0v) is 18.6. The standard InChI is InChI=1S/C19H28F3N3O2.HI/c1-3-23-18(24-11-10-19(20,21)22)25-13-14-8-9-16(26-2)17(12-14)27-15-6-4-5-7-15;/h8-9,12,15H,3-7,10-11,13H2,1-2H3,(H2,23,24,25);1H. The predicted molar refractivity (Wildman–Crippen MR) is 115 cm³/mol. The SMILES string of the molecule is CCNC(=NCc1ccc(OC)c(OC2CCCC2)c1)NCCC(F)(F)F.I. The minimum atomic E-state index is -4.19. The molecule has 0 amide bonds. The number of hydrogen-bond acceptors (Lipinski definition) is 3. The Morgan fingerprint density at radius 3 is 2.50 bits per heavy atom. The Hall–Kier alpha value is -1.39. The van der Waals surface area contributed by atoms with Gasteiger partial charge >= 0.3 is 6.18 Å². The van der Waals surface area contributed by atoms with E-state index in [-0.39, 0.29) is 36.6 Å². The number of aliphatic imine (C=N–C) groups is 1. The van der Waals surface area contributed by atoms with Gasteiger partial charge in [0.15, 0.2) is 17.5 Å². The monoisotopic (exact) mass is 515 g/mol. The molecule has 9 heteroatoms. The first kappa shape index (κ1) is 24.6. The average molecular weight is 515 g/mol. The number of nitrogens with zero attached hydrogens (tertiary/aromatic N) is 1. The lowest BCUT2D eigenvalue weighted by molar-refractivity contribution is -0.132. The minimum Gasteiger partial charge on any atom is -0.493 e. The Kier molecular flexibility index (Phi) is 10.8. The average Bonchev–Trinajstić information content (AvgIpc) is 3.12. The third kappa shape index (κ3) is 8.74. The third-order valence-electron chi connectivity index (χ3n) is 4.29. The highest BCUT2D eigenvalue weighted by Gasteiger charge is 2.26. The van der Waals surface area contributed by atoms with Crippen LogP contribution in [0.4, 0.5) is 13.2 Å². The number of halogens is 4. The Labute approximate surface area is 181 Å². The van der Waals surface area contributed by atoms with Gasteiger partial charge in [0.05, 0.1) is 26.2 Å². The van der Waals surface area contributed by atoms with Crippen LogP contribution in [0.15, 0.2) is 23.2 Å². The second kappa shape index (κ2) is 12.2. The van der Waals surface area contributed by atoms with Crippen molar-refractivity contribution in [3.8, 4) is 11.5 Å². The fourth-order valence-corrected chi connectivity index (χ4v) is 2.93. The molecule has 1 fully saturated rings. The van der Waals surface area contributed by atoms with Crippen molar-refractivity contribution in [3.63, 3.8) is 0 Å². The van der Waals surface area contributed by atoms with Gasteiger partial charge in [-0.25, -0.2) is 4.99 Å². The quantitative estimate of drug-likeness (QED) is 0.301. The highest BCUT2D eigenvalue weighted by Crippen LogP contribution is 2.32. The molecule has 0 heterocycles.